The highest BCUT2D eigenvalue weighted by Crippen LogP contribution is 2.25. The zero-order valence-electron chi connectivity index (χ0n) is 15.9. The van der Waals surface area contributed by atoms with Crippen LogP contribution in [0.3, 0.4) is 0 Å². The predicted octanol–water partition coefficient (Wildman–Crippen LogP) is 5.12. The summed E-state index contributed by atoms with van der Waals surface area (Å²) in [5.41, 5.74) is 1.85. The summed E-state index contributed by atoms with van der Waals surface area (Å²) in [4.78, 5) is 25.4. The second kappa shape index (κ2) is 8.65. The van der Waals surface area contributed by atoms with Crippen molar-refractivity contribution in [2.45, 2.75) is 20.0 Å². The van der Waals surface area contributed by atoms with E-state index in [1.165, 1.54) is 0 Å². The molecule has 1 atom stereocenters. The molecule has 3 aromatic carbocycles. The van der Waals surface area contributed by atoms with Gasteiger partial charge in [-0.2, -0.15) is 0 Å². The Hall–Kier alpha value is -3.54. The summed E-state index contributed by atoms with van der Waals surface area (Å²) >= 11 is 0. The Balaban J connectivity index is 1.92. The maximum atomic E-state index is 14.0. The SMILES string of the molecule is Cc1ccc(C)c(NC(=O)C(OC(=O)c2c(F)cccc2F)c2ccccc2)c1. The van der Waals surface area contributed by atoms with Gasteiger partial charge in [0.25, 0.3) is 5.91 Å². The summed E-state index contributed by atoms with van der Waals surface area (Å²) in [6.07, 6.45) is -1.39. The fourth-order valence-electron chi connectivity index (χ4n) is 2.83. The lowest BCUT2D eigenvalue weighted by Crippen LogP contribution is -2.27. The second-order valence-electron chi connectivity index (χ2n) is 6.60. The number of halogens is 2. The Bertz CT molecular complexity index is 1030. The summed E-state index contributed by atoms with van der Waals surface area (Å²) in [6, 6.07) is 16.9. The molecule has 0 aliphatic carbocycles. The van der Waals surface area contributed by atoms with Crippen molar-refractivity contribution < 1.29 is 23.1 Å². The lowest BCUT2D eigenvalue weighted by atomic mass is 10.1. The molecule has 6 heteroatoms. The molecule has 1 amide bonds. The average Bonchev–Trinajstić information content (AvgIpc) is 2.69. The van der Waals surface area contributed by atoms with Crippen LogP contribution in [0.1, 0.15) is 33.2 Å². The molecule has 0 saturated heterocycles. The maximum Gasteiger partial charge on any atom is 0.345 e. The summed E-state index contributed by atoms with van der Waals surface area (Å²) in [7, 11) is 0. The first-order valence-electron chi connectivity index (χ1n) is 8.95. The molecule has 0 aliphatic rings. The first-order valence-corrected chi connectivity index (χ1v) is 8.95. The van der Waals surface area contributed by atoms with Crippen molar-refractivity contribution >= 4 is 17.6 Å². The number of rotatable bonds is 5. The van der Waals surface area contributed by atoms with E-state index in [4.69, 9.17) is 4.74 Å². The minimum Gasteiger partial charge on any atom is -0.444 e. The van der Waals surface area contributed by atoms with E-state index < -0.39 is 35.2 Å². The molecule has 0 aromatic heterocycles. The van der Waals surface area contributed by atoms with Gasteiger partial charge in [0.05, 0.1) is 0 Å². The van der Waals surface area contributed by atoms with Crippen LogP contribution in [0.2, 0.25) is 0 Å². The van der Waals surface area contributed by atoms with Gasteiger partial charge in [0.2, 0.25) is 6.10 Å². The lowest BCUT2D eigenvalue weighted by Gasteiger charge is -2.19. The van der Waals surface area contributed by atoms with Crippen LogP contribution in [0.5, 0.6) is 0 Å². The third-order valence-electron chi connectivity index (χ3n) is 4.38. The Morgan fingerprint density at radius 1 is 0.897 bits per heavy atom. The molecule has 0 saturated carbocycles. The smallest absolute Gasteiger partial charge is 0.345 e. The third kappa shape index (κ3) is 4.66. The number of amides is 1. The van der Waals surface area contributed by atoms with Crippen LogP contribution in [0.4, 0.5) is 14.5 Å². The van der Waals surface area contributed by atoms with E-state index in [2.05, 4.69) is 5.32 Å². The standard InChI is InChI=1S/C23H19F2NO3/c1-14-11-12-15(2)19(13-14)26-22(27)21(16-7-4-3-5-8-16)29-23(28)20-17(24)9-6-10-18(20)25/h3-13,21H,1-2H3,(H,26,27). The molecule has 3 aromatic rings. The van der Waals surface area contributed by atoms with Crippen LogP contribution in [0, 0.1) is 25.5 Å². The van der Waals surface area contributed by atoms with Crippen molar-refractivity contribution in [2.75, 3.05) is 5.32 Å². The Morgan fingerprint density at radius 2 is 1.55 bits per heavy atom. The number of hydrogen-bond acceptors (Lipinski definition) is 3. The first kappa shape index (κ1) is 20.2. The topological polar surface area (TPSA) is 55.4 Å². The van der Waals surface area contributed by atoms with Crippen LogP contribution >= 0.6 is 0 Å². The Morgan fingerprint density at radius 3 is 2.21 bits per heavy atom. The summed E-state index contributed by atoms with van der Waals surface area (Å²) < 4.78 is 33.2. The number of benzene rings is 3. The molecule has 0 fully saturated rings. The van der Waals surface area contributed by atoms with Crippen LogP contribution in [-0.4, -0.2) is 11.9 Å². The lowest BCUT2D eigenvalue weighted by molar-refractivity contribution is -0.125. The third-order valence-corrected chi connectivity index (χ3v) is 4.38. The van der Waals surface area contributed by atoms with Gasteiger partial charge in [-0.1, -0.05) is 48.5 Å². The molecule has 0 bridgehead atoms. The average molecular weight is 395 g/mol. The molecule has 1 unspecified atom stereocenters. The molecule has 4 nitrogen and oxygen atoms in total. The van der Waals surface area contributed by atoms with Gasteiger partial charge in [0.15, 0.2) is 0 Å². The zero-order chi connectivity index (χ0) is 21.0. The number of ether oxygens (including phenoxy) is 1. The quantitative estimate of drug-likeness (QED) is 0.610. The molecule has 3 rings (SSSR count). The van der Waals surface area contributed by atoms with Gasteiger partial charge in [-0.05, 0) is 43.2 Å². The van der Waals surface area contributed by atoms with Gasteiger partial charge in [-0.15, -0.1) is 0 Å². The maximum absolute atomic E-state index is 14.0. The molecular weight excluding hydrogens is 376 g/mol. The van der Waals surface area contributed by atoms with E-state index in [9.17, 15) is 18.4 Å². The molecular formula is C23H19F2NO3. The fraction of sp³-hybridized carbons (Fsp3) is 0.130. The molecule has 1 N–H and O–H groups in total. The zero-order valence-corrected chi connectivity index (χ0v) is 15.9. The van der Waals surface area contributed by atoms with Crippen molar-refractivity contribution in [3.05, 3.63) is 101 Å². The molecule has 0 heterocycles. The number of hydrogen-bond donors (Lipinski definition) is 1. The Kier molecular flexibility index (Phi) is 6.02. The summed E-state index contributed by atoms with van der Waals surface area (Å²) in [5.74, 6) is -4.01. The highest BCUT2D eigenvalue weighted by molar-refractivity contribution is 5.98. The highest BCUT2D eigenvalue weighted by atomic mass is 19.1. The van der Waals surface area contributed by atoms with Crippen LogP contribution in [0.25, 0.3) is 0 Å². The van der Waals surface area contributed by atoms with Crippen molar-refractivity contribution in [3.8, 4) is 0 Å². The normalized spacial score (nSPS) is 11.6. The van der Waals surface area contributed by atoms with Gasteiger partial charge >= 0.3 is 5.97 Å². The van der Waals surface area contributed by atoms with E-state index in [-0.39, 0.29) is 0 Å². The molecule has 0 radical (unpaired) electrons. The van der Waals surface area contributed by atoms with Gasteiger partial charge in [-0.3, -0.25) is 4.79 Å². The molecule has 29 heavy (non-hydrogen) atoms. The largest absolute Gasteiger partial charge is 0.444 e. The van der Waals surface area contributed by atoms with E-state index in [0.29, 0.717) is 11.3 Å². The van der Waals surface area contributed by atoms with E-state index in [1.54, 1.807) is 36.4 Å². The molecule has 148 valence electrons. The molecule has 0 spiro atoms. The Labute approximate surface area is 167 Å². The van der Waals surface area contributed by atoms with Crippen molar-refractivity contribution in [1.82, 2.24) is 0 Å². The van der Waals surface area contributed by atoms with Gasteiger partial charge in [0.1, 0.15) is 17.2 Å². The van der Waals surface area contributed by atoms with Crippen LogP contribution in [0.15, 0.2) is 66.7 Å². The minimum atomic E-state index is -1.39. The number of carbonyl (C=O) groups is 2. The van der Waals surface area contributed by atoms with E-state index in [0.717, 1.165) is 29.3 Å². The minimum absolute atomic E-state index is 0.375. The van der Waals surface area contributed by atoms with Crippen LogP contribution < -0.4 is 5.32 Å². The molecule has 0 aliphatic heterocycles. The van der Waals surface area contributed by atoms with Crippen LogP contribution in [-0.2, 0) is 9.53 Å². The second-order valence-corrected chi connectivity index (χ2v) is 6.60. The number of nitrogens with one attached hydrogen (secondary N) is 1. The van der Waals surface area contributed by atoms with Crippen molar-refractivity contribution in [3.63, 3.8) is 0 Å². The first-order chi connectivity index (χ1) is 13.9. The summed E-state index contributed by atoms with van der Waals surface area (Å²) in [5, 5.41) is 2.73. The highest BCUT2D eigenvalue weighted by Gasteiger charge is 2.28. The van der Waals surface area contributed by atoms with Gasteiger partial charge in [0, 0.05) is 11.3 Å². The van der Waals surface area contributed by atoms with E-state index >= 15 is 0 Å². The predicted molar refractivity (Wildman–Crippen MR) is 106 cm³/mol. The number of aryl methyl sites for hydroxylation is 2. The van der Waals surface area contributed by atoms with Gasteiger partial charge in [-0.25, -0.2) is 13.6 Å². The summed E-state index contributed by atoms with van der Waals surface area (Å²) in [6.45, 7) is 3.71. The number of esters is 1. The van der Waals surface area contributed by atoms with E-state index in [1.807, 2.05) is 26.0 Å². The number of carbonyl (C=O) groups excluding carboxylic acids is 2. The monoisotopic (exact) mass is 395 g/mol. The van der Waals surface area contributed by atoms with Crippen molar-refractivity contribution in [1.29, 1.82) is 0 Å². The fourth-order valence-corrected chi connectivity index (χ4v) is 2.83. The van der Waals surface area contributed by atoms with Crippen molar-refractivity contribution in [2.24, 2.45) is 0 Å². The number of anilines is 1. The van der Waals surface area contributed by atoms with Gasteiger partial charge < -0.3 is 10.1 Å².